The molecule has 5 rings (SSSR count). The maximum absolute atomic E-state index is 13.4. The highest BCUT2D eigenvalue weighted by Gasteiger charge is 2.73. The summed E-state index contributed by atoms with van der Waals surface area (Å²) in [7, 11) is 2.48. The molecule has 33 heavy (non-hydrogen) atoms. The van der Waals surface area contributed by atoms with Gasteiger partial charge in [0.25, 0.3) is 0 Å². The van der Waals surface area contributed by atoms with Crippen LogP contribution in [0.3, 0.4) is 0 Å². The number of fused-ring (bicyclic) bond motifs is 1. The van der Waals surface area contributed by atoms with Crippen molar-refractivity contribution in [2.75, 3.05) is 20.8 Å². The third-order valence-corrected chi connectivity index (χ3v) is 7.75. The molecule has 2 aromatic carbocycles. The zero-order valence-corrected chi connectivity index (χ0v) is 18.6. The number of esters is 3. The number of ether oxygens (including phenoxy) is 3. The molecule has 1 aliphatic heterocycles. The second-order valence-electron chi connectivity index (χ2n) is 9.05. The first-order valence-corrected chi connectivity index (χ1v) is 11.1. The summed E-state index contributed by atoms with van der Waals surface area (Å²) in [6.07, 6.45) is 4.55. The summed E-state index contributed by atoms with van der Waals surface area (Å²) < 4.78 is 15.7. The van der Waals surface area contributed by atoms with Gasteiger partial charge in [-0.2, -0.15) is 0 Å². The highest BCUT2D eigenvalue weighted by Crippen LogP contribution is 2.67. The van der Waals surface area contributed by atoms with E-state index >= 15 is 0 Å². The molecule has 0 N–H and O–H groups in total. The molecule has 0 spiro atoms. The summed E-state index contributed by atoms with van der Waals surface area (Å²) >= 11 is 0. The number of methoxy groups -OCH3 is 2. The van der Waals surface area contributed by atoms with Gasteiger partial charge in [-0.3, -0.25) is 14.4 Å². The van der Waals surface area contributed by atoms with Crippen molar-refractivity contribution in [3.8, 4) is 0 Å². The summed E-state index contributed by atoms with van der Waals surface area (Å²) in [6.45, 7) is 0.135. The summed E-state index contributed by atoms with van der Waals surface area (Å²) in [6, 6.07) is 20.2. The number of hydrogen-bond acceptors (Lipinski definition) is 6. The van der Waals surface area contributed by atoms with Crippen LogP contribution in [0.1, 0.15) is 17.5 Å². The molecule has 1 saturated heterocycles. The lowest BCUT2D eigenvalue weighted by molar-refractivity contribution is -0.183. The quantitative estimate of drug-likeness (QED) is 0.304. The van der Waals surface area contributed by atoms with Gasteiger partial charge in [0, 0.05) is 17.3 Å². The SMILES string of the molecule is COC(=O)C1(C(=O)OC)[C@@H]2C(=O)OC[C@H]2C=C[C@H]1[C@H]1CC1(c1ccccc1)c1ccccc1. The number of allylic oxidation sites excluding steroid dienone is 1. The fourth-order valence-electron chi connectivity index (χ4n) is 6.27. The van der Waals surface area contributed by atoms with Crippen LogP contribution in [0, 0.1) is 29.1 Å². The molecule has 2 aromatic rings. The van der Waals surface area contributed by atoms with Gasteiger partial charge in [-0.05, 0) is 23.5 Å². The van der Waals surface area contributed by atoms with E-state index in [4.69, 9.17) is 14.2 Å². The van der Waals surface area contributed by atoms with Gasteiger partial charge in [0.1, 0.15) is 0 Å². The van der Waals surface area contributed by atoms with Gasteiger partial charge >= 0.3 is 17.9 Å². The number of carbonyl (C=O) groups excluding carboxylic acids is 3. The smallest absolute Gasteiger partial charge is 0.324 e. The normalized spacial score (nSPS) is 28.4. The van der Waals surface area contributed by atoms with E-state index < -0.39 is 40.6 Å². The minimum atomic E-state index is -1.80. The van der Waals surface area contributed by atoms with Crippen LogP contribution < -0.4 is 0 Å². The summed E-state index contributed by atoms with van der Waals surface area (Å²) in [5.41, 5.74) is 0.0100. The molecule has 1 saturated carbocycles. The minimum Gasteiger partial charge on any atom is -0.468 e. The van der Waals surface area contributed by atoms with Crippen molar-refractivity contribution in [1.29, 1.82) is 0 Å². The van der Waals surface area contributed by atoms with Crippen LogP contribution in [0.2, 0.25) is 0 Å². The Morgan fingerprint density at radius 2 is 1.42 bits per heavy atom. The van der Waals surface area contributed by atoms with E-state index in [0.29, 0.717) is 0 Å². The maximum atomic E-state index is 13.4. The predicted octanol–water partition coefficient (Wildman–Crippen LogP) is 3.30. The lowest BCUT2D eigenvalue weighted by Gasteiger charge is -2.42. The molecule has 1 heterocycles. The average Bonchev–Trinajstić information content (AvgIpc) is 3.52. The van der Waals surface area contributed by atoms with Crippen molar-refractivity contribution < 1.29 is 28.6 Å². The molecule has 6 nitrogen and oxygen atoms in total. The topological polar surface area (TPSA) is 78.9 Å². The third kappa shape index (κ3) is 2.89. The van der Waals surface area contributed by atoms with Crippen LogP contribution in [-0.2, 0) is 34.0 Å². The summed E-state index contributed by atoms with van der Waals surface area (Å²) in [4.78, 5) is 39.8. The highest BCUT2D eigenvalue weighted by atomic mass is 16.6. The predicted molar refractivity (Wildman–Crippen MR) is 119 cm³/mol. The van der Waals surface area contributed by atoms with Gasteiger partial charge in [0.05, 0.1) is 26.7 Å². The Labute approximate surface area is 192 Å². The lowest BCUT2D eigenvalue weighted by Crippen LogP contribution is -2.57. The largest absolute Gasteiger partial charge is 0.468 e. The molecule has 2 aliphatic carbocycles. The van der Waals surface area contributed by atoms with E-state index in [1.165, 1.54) is 14.2 Å². The van der Waals surface area contributed by atoms with E-state index in [1.54, 1.807) is 0 Å². The molecule has 0 radical (unpaired) electrons. The van der Waals surface area contributed by atoms with Gasteiger partial charge in [-0.15, -0.1) is 0 Å². The molecule has 0 aromatic heterocycles. The second-order valence-corrected chi connectivity index (χ2v) is 9.05. The molecule has 3 aliphatic rings. The Kier molecular flexibility index (Phi) is 5.11. The first-order valence-electron chi connectivity index (χ1n) is 11.1. The van der Waals surface area contributed by atoms with Crippen molar-refractivity contribution in [3.63, 3.8) is 0 Å². The van der Waals surface area contributed by atoms with Gasteiger partial charge in [0.15, 0.2) is 5.41 Å². The second kappa shape index (κ2) is 7.87. The van der Waals surface area contributed by atoms with E-state index in [9.17, 15) is 14.4 Å². The number of rotatable bonds is 5. The zero-order valence-electron chi connectivity index (χ0n) is 18.6. The van der Waals surface area contributed by atoms with Crippen LogP contribution in [0.25, 0.3) is 0 Å². The van der Waals surface area contributed by atoms with Gasteiger partial charge in [-0.1, -0.05) is 72.8 Å². The minimum absolute atomic E-state index is 0.119. The standard InChI is InChI=1S/C27H26O6/c1-31-24(29)27(25(30)32-2)20(14-13-17-16-33-23(28)22(17)27)21-15-26(21,18-9-5-3-6-10-18)19-11-7-4-8-12-19/h3-14,17,20-22H,15-16H2,1-2H3/t17-,20+,21-,22+/m1/s1. The Morgan fingerprint density at radius 3 is 1.94 bits per heavy atom. The Balaban J connectivity index is 1.70. The fourth-order valence-corrected chi connectivity index (χ4v) is 6.27. The van der Waals surface area contributed by atoms with E-state index in [1.807, 2.05) is 48.6 Å². The van der Waals surface area contributed by atoms with E-state index in [0.717, 1.165) is 17.5 Å². The fraction of sp³-hybridized carbons (Fsp3) is 0.370. The number of hydrogen-bond donors (Lipinski definition) is 0. The van der Waals surface area contributed by atoms with Crippen molar-refractivity contribution in [2.24, 2.45) is 29.1 Å². The van der Waals surface area contributed by atoms with Crippen molar-refractivity contribution >= 4 is 17.9 Å². The molecule has 0 amide bonds. The maximum Gasteiger partial charge on any atom is 0.324 e. The average molecular weight is 446 g/mol. The Hall–Kier alpha value is -3.41. The molecule has 6 heteroatoms. The van der Waals surface area contributed by atoms with Gasteiger partial charge in [-0.25, -0.2) is 0 Å². The number of benzene rings is 2. The highest BCUT2D eigenvalue weighted by molar-refractivity contribution is 6.05. The number of cyclic esters (lactones) is 1. The first kappa shape index (κ1) is 21.4. The molecule has 0 unspecified atom stereocenters. The van der Waals surface area contributed by atoms with Crippen LogP contribution >= 0.6 is 0 Å². The molecular formula is C27H26O6. The molecule has 2 fully saturated rings. The summed E-state index contributed by atoms with van der Waals surface area (Å²) in [5.74, 6) is -4.13. The van der Waals surface area contributed by atoms with Crippen LogP contribution in [0.15, 0.2) is 72.8 Å². The third-order valence-electron chi connectivity index (χ3n) is 7.75. The zero-order chi connectivity index (χ0) is 23.2. The van der Waals surface area contributed by atoms with Crippen molar-refractivity contribution in [2.45, 2.75) is 11.8 Å². The lowest BCUT2D eigenvalue weighted by atomic mass is 9.57. The van der Waals surface area contributed by atoms with Gasteiger partial charge in [0.2, 0.25) is 0 Å². The van der Waals surface area contributed by atoms with E-state index in [2.05, 4.69) is 24.3 Å². The molecule has 4 atom stereocenters. The number of carbonyl (C=O) groups is 3. The molecule has 170 valence electrons. The first-order chi connectivity index (χ1) is 16.0. The van der Waals surface area contributed by atoms with Gasteiger partial charge < -0.3 is 14.2 Å². The Morgan fingerprint density at radius 1 is 0.879 bits per heavy atom. The Bertz CT molecular complexity index is 1050. The molecular weight excluding hydrogens is 420 g/mol. The van der Waals surface area contributed by atoms with Crippen LogP contribution in [0.4, 0.5) is 0 Å². The van der Waals surface area contributed by atoms with Crippen molar-refractivity contribution in [1.82, 2.24) is 0 Å². The molecule has 0 bridgehead atoms. The van der Waals surface area contributed by atoms with Crippen LogP contribution in [0.5, 0.6) is 0 Å². The van der Waals surface area contributed by atoms with Crippen LogP contribution in [-0.4, -0.2) is 38.7 Å². The van der Waals surface area contributed by atoms with Crippen molar-refractivity contribution in [3.05, 3.63) is 83.9 Å². The van der Waals surface area contributed by atoms with E-state index in [-0.39, 0.29) is 18.4 Å². The summed E-state index contributed by atoms with van der Waals surface area (Å²) in [5, 5.41) is 0. The monoisotopic (exact) mass is 446 g/mol.